The van der Waals surface area contributed by atoms with Crippen molar-refractivity contribution in [2.45, 2.75) is 51.5 Å². The van der Waals surface area contributed by atoms with Crippen LogP contribution in [0.5, 0.6) is 0 Å². The molecule has 1 aromatic rings. The van der Waals surface area contributed by atoms with Gasteiger partial charge in [-0.2, -0.15) is 0 Å². The molecule has 0 saturated carbocycles. The summed E-state index contributed by atoms with van der Waals surface area (Å²) in [5.41, 5.74) is 3.84. The average Bonchev–Trinajstić information content (AvgIpc) is 2.37. The Morgan fingerprint density at radius 2 is 2.11 bits per heavy atom. The molecule has 4 heteroatoms. The van der Waals surface area contributed by atoms with Gasteiger partial charge in [-0.1, -0.05) is 50.3 Å². The van der Waals surface area contributed by atoms with E-state index in [1.165, 1.54) is 25.3 Å². The van der Waals surface area contributed by atoms with Crippen LogP contribution >= 0.6 is 11.6 Å². The Bertz CT molecular complexity index is 358. The number of hydrazine groups is 1. The van der Waals surface area contributed by atoms with Gasteiger partial charge in [0.1, 0.15) is 5.82 Å². The average molecular weight is 273 g/mol. The molecule has 1 atom stereocenters. The maximum atomic E-state index is 13.0. The fourth-order valence-corrected chi connectivity index (χ4v) is 2.22. The van der Waals surface area contributed by atoms with E-state index < -0.39 is 0 Å². The predicted molar refractivity (Wildman–Crippen MR) is 75.0 cm³/mol. The molecule has 1 aromatic carbocycles. The normalized spacial score (nSPS) is 12.7. The van der Waals surface area contributed by atoms with E-state index >= 15 is 0 Å². The van der Waals surface area contributed by atoms with Crippen molar-refractivity contribution in [1.82, 2.24) is 5.43 Å². The van der Waals surface area contributed by atoms with Crippen molar-refractivity contribution in [3.8, 4) is 0 Å². The maximum absolute atomic E-state index is 13.0. The first-order valence-electron chi connectivity index (χ1n) is 6.57. The van der Waals surface area contributed by atoms with Crippen molar-refractivity contribution in [3.05, 3.63) is 34.6 Å². The highest BCUT2D eigenvalue weighted by Gasteiger charge is 2.09. The number of unbranched alkanes of at least 4 members (excludes halogenated alkanes) is 3. The number of rotatable bonds is 8. The van der Waals surface area contributed by atoms with Crippen molar-refractivity contribution < 1.29 is 4.39 Å². The molecule has 2 nitrogen and oxygen atoms in total. The van der Waals surface area contributed by atoms with Gasteiger partial charge in [0.2, 0.25) is 0 Å². The molecular weight excluding hydrogens is 251 g/mol. The van der Waals surface area contributed by atoms with Crippen LogP contribution in [0, 0.1) is 5.82 Å². The first-order valence-corrected chi connectivity index (χ1v) is 6.95. The van der Waals surface area contributed by atoms with Gasteiger partial charge in [-0.05, 0) is 30.5 Å². The number of hydrogen-bond acceptors (Lipinski definition) is 2. The molecule has 0 aliphatic carbocycles. The lowest BCUT2D eigenvalue weighted by molar-refractivity contribution is 0.463. The molecule has 1 rings (SSSR count). The van der Waals surface area contributed by atoms with E-state index in [0.717, 1.165) is 24.8 Å². The molecule has 0 saturated heterocycles. The molecule has 0 bridgehead atoms. The summed E-state index contributed by atoms with van der Waals surface area (Å²) < 4.78 is 13.0. The smallest absolute Gasteiger partial charge is 0.141 e. The van der Waals surface area contributed by atoms with Crippen LogP contribution in [0.15, 0.2) is 18.2 Å². The fraction of sp³-hybridized carbons (Fsp3) is 0.571. The summed E-state index contributed by atoms with van der Waals surface area (Å²) in [6, 6.07) is 5.07. The van der Waals surface area contributed by atoms with Gasteiger partial charge in [0.15, 0.2) is 0 Å². The fourth-order valence-electron chi connectivity index (χ4n) is 2.01. The van der Waals surface area contributed by atoms with Crippen molar-refractivity contribution in [3.63, 3.8) is 0 Å². The van der Waals surface area contributed by atoms with Crippen LogP contribution in [0.1, 0.15) is 44.6 Å². The predicted octanol–water partition coefficient (Wildman–Crippen LogP) is 3.82. The number of benzene rings is 1. The summed E-state index contributed by atoms with van der Waals surface area (Å²) in [4.78, 5) is 0. The molecule has 0 aliphatic heterocycles. The van der Waals surface area contributed by atoms with Crippen LogP contribution in [0.3, 0.4) is 0 Å². The standard InChI is InChI=1S/C14H22ClFN2/c1-2-3-4-5-6-12(18-17)9-11-7-8-14(16)13(15)10-11/h7-8,10,12,18H,2-6,9,17H2,1H3. The van der Waals surface area contributed by atoms with Gasteiger partial charge < -0.3 is 0 Å². The number of nitrogens with one attached hydrogen (secondary N) is 1. The van der Waals surface area contributed by atoms with E-state index in [9.17, 15) is 4.39 Å². The van der Waals surface area contributed by atoms with Crippen LogP contribution in [-0.2, 0) is 6.42 Å². The van der Waals surface area contributed by atoms with Crippen molar-refractivity contribution >= 4 is 11.6 Å². The highest BCUT2D eigenvalue weighted by Crippen LogP contribution is 2.18. The Morgan fingerprint density at radius 1 is 1.33 bits per heavy atom. The third kappa shape index (κ3) is 5.34. The molecule has 0 aromatic heterocycles. The molecular formula is C14H22ClFN2. The Hall–Kier alpha value is -0.640. The van der Waals surface area contributed by atoms with E-state index in [-0.39, 0.29) is 16.9 Å². The Kier molecular flexibility index (Phi) is 7.25. The third-order valence-electron chi connectivity index (χ3n) is 3.11. The van der Waals surface area contributed by atoms with E-state index in [2.05, 4.69) is 12.3 Å². The SMILES string of the molecule is CCCCCCC(Cc1ccc(F)c(Cl)c1)NN. The summed E-state index contributed by atoms with van der Waals surface area (Å²) in [6.45, 7) is 2.19. The minimum Gasteiger partial charge on any atom is -0.271 e. The second-order valence-corrected chi connectivity index (χ2v) is 5.07. The number of hydrogen-bond donors (Lipinski definition) is 2. The largest absolute Gasteiger partial charge is 0.271 e. The zero-order valence-electron chi connectivity index (χ0n) is 10.9. The van der Waals surface area contributed by atoms with E-state index in [1.54, 1.807) is 12.1 Å². The Balaban J connectivity index is 2.44. The zero-order valence-corrected chi connectivity index (χ0v) is 11.6. The molecule has 0 heterocycles. The summed E-state index contributed by atoms with van der Waals surface area (Å²) in [7, 11) is 0. The van der Waals surface area contributed by atoms with Crippen LogP contribution in [-0.4, -0.2) is 6.04 Å². The molecule has 3 N–H and O–H groups in total. The summed E-state index contributed by atoms with van der Waals surface area (Å²) >= 11 is 5.76. The van der Waals surface area contributed by atoms with Gasteiger partial charge in [0.25, 0.3) is 0 Å². The second kappa shape index (κ2) is 8.46. The summed E-state index contributed by atoms with van der Waals surface area (Å²) in [6.07, 6.45) is 6.71. The van der Waals surface area contributed by atoms with E-state index in [4.69, 9.17) is 17.4 Å². The van der Waals surface area contributed by atoms with Gasteiger partial charge in [-0.3, -0.25) is 11.3 Å². The molecule has 18 heavy (non-hydrogen) atoms. The van der Waals surface area contributed by atoms with Gasteiger partial charge in [-0.15, -0.1) is 0 Å². The molecule has 1 unspecified atom stereocenters. The van der Waals surface area contributed by atoms with Crippen LogP contribution in [0.25, 0.3) is 0 Å². The highest BCUT2D eigenvalue weighted by molar-refractivity contribution is 6.30. The summed E-state index contributed by atoms with van der Waals surface area (Å²) in [5, 5.41) is 0.175. The van der Waals surface area contributed by atoms with E-state index in [1.807, 2.05) is 0 Å². The topological polar surface area (TPSA) is 38.0 Å². The van der Waals surface area contributed by atoms with Crippen LogP contribution < -0.4 is 11.3 Å². The second-order valence-electron chi connectivity index (χ2n) is 4.67. The van der Waals surface area contributed by atoms with Crippen LogP contribution in [0.2, 0.25) is 5.02 Å². The lowest BCUT2D eigenvalue weighted by Gasteiger charge is -2.16. The van der Waals surface area contributed by atoms with Gasteiger partial charge in [-0.25, -0.2) is 4.39 Å². The lowest BCUT2D eigenvalue weighted by Crippen LogP contribution is -2.36. The Labute approximate surface area is 114 Å². The minimum atomic E-state index is -0.374. The maximum Gasteiger partial charge on any atom is 0.141 e. The molecule has 0 amide bonds. The van der Waals surface area contributed by atoms with Gasteiger partial charge in [0, 0.05) is 6.04 Å². The van der Waals surface area contributed by atoms with E-state index in [0.29, 0.717) is 0 Å². The first kappa shape index (κ1) is 15.4. The molecule has 0 fully saturated rings. The first-order chi connectivity index (χ1) is 8.67. The minimum absolute atomic E-state index is 0.175. The molecule has 102 valence electrons. The zero-order chi connectivity index (χ0) is 13.4. The Morgan fingerprint density at radius 3 is 2.72 bits per heavy atom. The van der Waals surface area contributed by atoms with Crippen molar-refractivity contribution in [2.24, 2.45) is 5.84 Å². The van der Waals surface area contributed by atoms with Crippen molar-refractivity contribution in [1.29, 1.82) is 0 Å². The monoisotopic (exact) mass is 272 g/mol. The van der Waals surface area contributed by atoms with Crippen LogP contribution in [0.4, 0.5) is 4.39 Å². The molecule has 0 aliphatic rings. The number of halogens is 2. The van der Waals surface area contributed by atoms with Gasteiger partial charge in [0.05, 0.1) is 5.02 Å². The third-order valence-corrected chi connectivity index (χ3v) is 3.40. The summed E-state index contributed by atoms with van der Waals surface area (Å²) in [5.74, 6) is 5.17. The molecule has 0 radical (unpaired) electrons. The highest BCUT2D eigenvalue weighted by atomic mass is 35.5. The number of nitrogens with two attached hydrogens (primary N) is 1. The lowest BCUT2D eigenvalue weighted by atomic mass is 10.0. The van der Waals surface area contributed by atoms with Gasteiger partial charge >= 0.3 is 0 Å². The molecule has 0 spiro atoms. The quantitative estimate of drug-likeness (QED) is 0.429. The van der Waals surface area contributed by atoms with Crippen molar-refractivity contribution in [2.75, 3.05) is 0 Å².